The largest absolute Gasteiger partial charge is 0.302 e. The lowest BCUT2D eigenvalue weighted by molar-refractivity contribution is -0.385. The molecule has 24 heavy (non-hydrogen) atoms. The number of sulfonamides is 1. The highest BCUT2D eigenvalue weighted by molar-refractivity contribution is 7.89. The van der Waals surface area contributed by atoms with Gasteiger partial charge in [-0.3, -0.25) is 10.1 Å². The predicted molar refractivity (Wildman–Crippen MR) is 92.7 cm³/mol. The SMILES string of the molecule is Cc1cc([N+](=O)[O-])cc(S(=O)(=O)NCCN2CCCCCC2)c1C. The Morgan fingerprint density at radius 2 is 1.79 bits per heavy atom. The summed E-state index contributed by atoms with van der Waals surface area (Å²) < 4.78 is 27.7. The summed E-state index contributed by atoms with van der Waals surface area (Å²) in [5, 5.41) is 11.0. The molecule has 0 aliphatic carbocycles. The van der Waals surface area contributed by atoms with Crippen molar-refractivity contribution >= 4 is 15.7 Å². The van der Waals surface area contributed by atoms with Crippen molar-refractivity contribution in [3.63, 3.8) is 0 Å². The van der Waals surface area contributed by atoms with Gasteiger partial charge in [-0.25, -0.2) is 13.1 Å². The summed E-state index contributed by atoms with van der Waals surface area (Å²) in [6.07, 6.45) is 4.76. The molecular weight excluding hydrogens is 330 g/mol. The van der Waals surface area contributed by atoms with Gasteiger partial charge in [-0.1, -0.05) is 12.8 Å². The monoisotopic (exact) mass is 355 g/mol. The molecule has 2 rings (SSSR count). The van der Waals surface area contributed by atoms with E-state index in [-0.39, 0.29) is 10.6 Å². The number of non-ortho nitro benzene ring substituents is 1. The summed E-state index contributed by atoms with van der Waals surface area (Å²) in [7, 11) is -3.76. The maximum absolute atomic E-state index is 12.5. The number of nitro groups is 1. The fraction of sp³-hybridized carbons (Fsp3) is 0.625. The molecule has 1 aromatic carbocycles. The summed E-state index contributed by atoms with van der Waals surface area (Å²) in [5.74, 6) is 0. The number of benzene rings is 1. The van der Waals surface area contributed by atoms with E-state index in [9.17, 15) is 18.5 Å². The Balaban J connectivity index is 2.08. The Labute approximate surface area is 143 Å². The second-order valence-electron chi connectivity index (χ2n) is 6.30. The van der Waals surface area contributed by atoms with Gasteiger partial charge in [0.2, 0.25) is 10.0 Å². The number of nitro benzene ring substituents is 1. The predicted octanol–water partition coefficient (Wildman–Crippen LogP) is 2.37. The van der Waals surface area contributed by atoms with Gasteiger partial charge in [0.25, 0.3) is 5.69 Å². The van der Waals surface area contributed by atoms with Crippen LogP contribution in [0.1, 0.15) is 36.8 Å². The Morgan fingerprint density at radius 1 is 1.17 bits per heavy atom. The van der Waals surface area contributed by atoms with Crippen LogP contribution in [0.5, 0.6) is 0 Å². The molecule has 8 heteroatoms. The number of aryl methyl sites for hydroxylation is 1. The van der Waals surface area contributed by atoms with Gasteiger partial charge in [0, 0.05) is 25.2 Å². The molecule has 0 amide bonds. The van der Waals surface area contributed by atoms with Crippen LogP contribution in [0.15, 0.2) is 17.0 Å². The van der Waals surface area contributed by atoms with Crippen LogP contribution in [0, 0.1) is 24.0 Å². The van der Waals surface area contributed by atoms with Crippen LogP contribution in [0.25, 0.3) is 0 Å². The van der Waals surface area contributed by atoms with Gasteiger partial charge in [-0.05, 0) is 50.9 Å². The molecule has 134 valence electrons. The summed E-state index contributed by atoms with van der Waals surface area (Å²) >= 11 is 0. The standard InChI is InChI=1S/C16H25N3O4S/c1-13-11-15(19(20)21)12-16(14(13)2)24(22,23)17-7-10-18-8-5-3-4-6-9-18/h11-12,17H,3-10H2,1-2H3. The van der Waals surface area contributed by atoms with E-state index in [4.69, 9.17) is 0 Å². The van der Waals surface area contributed by atoms with Gasteiger partial charge < -0.3 is 4.90 Å². The first kappa shape index (κ1) is 18.8. The molecule has 1 fully saturated rings. The van der Waals surface area contributed by atoms with Gasteiger partial charge in [0.05, 0.1) is 9.82 Å². The topological polar surface area (TPSA) is 92.5 Å². The van der Waals surface area contributed by atoms with Crippen molar-refractivity contribution in [3.8, 4) is 0 Å². The van der Waals surface area contributed by atoms with Crippen LogP contribution in [0.2, 0.25) is 0 Å². The van der Waals surface area contributed by atoms with Crippen molar-refractivity contribution in [2.24, 2.45) is 0 Å². The molecular formula is C16H25N3O4S. The number of hydrogen-bond acceptors (Lipinski definition) is 5. The van der Waals surface area contributed by atoms with Gasteiger partial charge >= 0.3 is 0 Å². The molecule has 7 nitrogen and oxygen atoms in total. The lowest BCUT2D eigenvalue weighted by Crippen LogP contribution is -2.35. The van der Waals surface area contributed by atoms with Crippen LogP contribution >= 0.6 is 0 Å². The zero-order valence-corrected chi connectivity index (χ0v) is 15.1. The van der Waals surface area contributed by atoms with Crippen molar-refractivity contribution in [1.82, 2.24) is 9.62 Å². The van der Waals surface area contributed by atoms with Crippen LogP contribution in [-0.2, 0) is 10.0 Å². The van der Waals surface area contributed by atoms with Crippen molar-refractivity contribution < 1.29 is 13.3 Å². The summed E-state index contributed by atoms with van der Waals surface area (Å²) in [5.41, 5.74) is 0.936. The molecule has 0 spiro atoms. The molecule has 0 bridgehead atoms. The van der Waals surface area contributed by atoms with E-state index in [1.54, 1.807) is 13.8 Å². The quantitative estimate of drug-likeness (QED) is 0.625. The minimum absolute atomic E-state index is 0.00920. The zero-order valence-electron chi connectivity index (χ0n) is 14.2. The molecule has 1 aromatic rings. The van der Waals surface area contributed by atoms with E-state index < -0.39 is 14.9 Å². The van der Waals surface area contributed by atoms with E-state index in [1.165, 1.54) is 18.9 Å². The average molecular weight is 355 g/mol. The average Bonchev–Trinajstić information content (AvgIpc) is 2.78. The Bertz CT molecular complexity index is 696. The summed E-state index contributed by atoms with van der Waals surface area (Å²) in [4.78, 5) is 12.7. The number of nitrogens with one attached hydrogen (secondary N) is 1. The van der Waals surface area contributed by atoms with E-state index >= 15 is 0 Å². The molecule has 1 N–H and O–H groups in total. The Morgan fingerprint density at radius 3 is 2.38 bits per heavy atom. The third-order valence-electron chi connectivity index (χ3n) is 4.52. The lowest BCUT2D eigenvalue weighted by atomic mass is 10.1. The highest BCUT2D eigenvalue weighted by atomic mass is 32.2. The molecule has 0 aromatic heterocycles. The van der Waals surface area contributed by atoms with Gasteiger partial charge in [0.1, 0.15) is 0 Å². The second-order valence-corrected chi connectivity index (χ2v) is 8.03. The maximum Gasteiger partial charge on any atom is 0.271 e. The van der Waals surface area contributed by atoms with E-state index in [0.29, 0.717) is 24.2 Å². The van der Waals surface area contributed by atoms with Crippen LogP contribution in [0.4, 0.5) is 5.69 Å². The minimum Gasteiger partial charge on any atom is -0.302 e. The van der Waals surface area contributed by atoms with Gasteiger partial charge in [0.15, 0.2) is 0 Å². The highest BCUT2D eigenvalue weighted by Crippen LogP contribution is 2.25. The molecule has 1 aliphatic rings. The first-order valence-corrected chi connectivity index (χ1v) is 9.77. The van der Waals surface area contributed by atoms with Gasteiger partial charge in [-0.2, -0.15) is 0 Å². The number of nitrogens with zero attached hydrogens (tertiary/aromatic N) is 2. The zero-order chi connectivity index (χ0) is 17.7. The Hall–Kier alpha value is -1.51. The first-order valence-electron chi connectivity index (χ1n) is 8.29. The third-order valence-corrected chi connectivity index (χ3v) is 6.11. The van der Waals surface area contributed by atoms with Crippen molar-refractivity contribution in [2.75, 3.05) is 26.2 Å². The van der Waals surface area contributed by atoms with E-state index in [2.05, 4.69) is 9.62 Å². The normalized spacial score (nSPS) is 16.8. The van der Waals surface area contributed by atoms with Crippen molar-refractivity contribution in [1.29, 1.82) is 0 Å². The highest BCUT2D eigenvalue weighted by Gasteiger charge is 2.22. The molecule has 0 saturated carbocycles. The smallest absolute Gasteiger partial charge is 0.271 e. The fourth-order valence-electron chi connectivity index (χ4n) is 2.97. The maximum atomic E-state index is 12.5. The van der Waals surface area contributed by atoms with Crippen LogP contribution in [-0.4, -0.2) is 44.4 Å². The van der Waals surface area contributed by atoms with E-state index in [0.717, 1.165) is 32.0 Å². The third kappa shape index (κ3) is 4.75. The Kier molecular flexibility index (Phi) is 6.31. The van der Waals surface area contributed by atoms with Crippen molar-refractivity contribution in [3.05, 3.63) is 33.4 Å². The minimum atomic E-state index is -3.76. The molecule has 1 saturated heterocycles. The molecule has 1 aliphatic heterocycles. The second kappa shape index (κ2) is 8.04. The summed E-state index contributed by atoms with van der Waals surface area (Å²) in [6.45, 7) is 6.31. The van der Waals surface area contributed by atoms with Gasteiger partial charge in [-0.15, -0.1) is 0 Å². The first-order chi connectivity index (χ1) is 11.3. The summed E-state index contributed by atoms with van der Waals surface area (Å²) in [6, 6.07) is 2.53. The lowest BCUT2D eigenvalue weighted by Gasteiger charge is -2.20. The number of likely N-dealkylation sites (tertiary alicyclic amines) is 1. The molecule has 1 heterocycles. The number of rotatable bonds is 6. The fourth-order valence-corrected chi connectivity index (χ4v) is 4.32. The molecule has 0 unspecified atom stereocenters. The van der Waals surface area contributed by atoms with Crippen LogP contribution < -0.4 is 4.72 Å². The number of hydrogen-bond donors (Lipinski definition) is 1. The van der Waals surface area contributed by atoms with E-state index in [1.807, 2.05) is 0 Å². The van der Waals surface area contributed by atoms with Crippen LogP contribution in [0.3, 0.4) is 0 Å². The van der Waals surface area contributed by atoms with Crippen molar-refractivity contribution in [2.45, 2.75) is 44.4 Å². The molecule has 0 radical (unpaired) electrons. The molecule has 0 atom stereocenters.